The van der Waals surface area contributed by atoms with Crippen LogP contribution in [0.15, 0.2) is 4.42 Å². The summed E-state index contributed by atoms with van der Waals surface area (Å²) in [6.45, 7) is 3.70. The Morgan fingerprint density at radius 2 is 2.31 bits per heavy atom. The third-order valence-corrected chi connectivity index (χ3v) is 2.75. The summed E-state index contributed by atoms with van der Waals surface area (Å²) in [4.78, 5) is 15.7. The molecule has 0 spiro atoms. The molecule has 1 heterocycles. The zero-order chi connectivity index (χ0) is 11.7. The van der Waals surface area contributed by atoms with Gasteiger partial charge in [0.25, 0.3) is 5.91 Å². The summed E-state index contributed by atoms with van der Waals surface area (Å²) >= 11 is 0. The highest BCUT2D eigenvalue weighted by atomic mass is 16.4. The monoisotopic (exact) mass is 224 g/mol. The fourth-order valence-electron chi connectivity index (χ4n) is 1.67. The number of carbonyl (C=O) groups excluding carboxylic acids is 1. The second kappa shape index (κ2) is 4.25. The number of aliphatic hydroxyl groups is 1. The molecule has 1 aliphatic rings. The molecule has 1 aromatic rings. The molecule has 0 aromatic carbocycles. The van der Waals surface area contributed by atoms with Crippen LogP contribution in [0.2, 0.25) is 0 Å². The Morgan fingerprint density at radius 3 is 2.81 bits per heavy atom. The number of oxazole rings is 1. The highest BCUT2D eigenvalue weighted by molar-refractivity contribution is 5.92. The molecule has 88 valence electrons. The molecule has 0 bridgehead atoms. The molecule has 1 aliphatic carbocycles. The largest absolute Gasteiger partial charge is 0.436 e. The highest BCUT2D eigenvalue weighted by Crippen LogP contribution is 2.32. The van der Waals surface area contributed by atoms with Crippen LogP contribution in [0.4, 0.5) is 0 Å². The Balaban J connectivity index is 1.89. The van der Waals surface area contributed by atoms with Crippen LogP contribution < -0.4 is 5.32 Å². The molecule has 1 fully saturated rings. The fraction of sp³-hybridized carbons (Fsp3) is 0.636. The van der Waals surface area contributed by atoms with Gasteiger partial charge in [-0.25, -0.2) is 4.98 Å². The first kappa shape index (κ1) is 11.1. The molecule has 1 saturated carbocycles. The Morgan fingerprint density at radius 1 is 1.62 bits per heavy atom. The van der Waals surface area contributed by atoms with Crippen molar-refractivity contribution in [1.82, 2.24) is 10.3 Å². The Bertz CT molecular complexity index is 396. The smallest absolute Gasteiger partial charge is 0.289 e. The summed E-state index contributed by atoms with van der Waals surface area (Å²) in [6.07, 6.45) is 1.67. The van der Waals surface area contributed by atoms with Crippen molar-refractivity contribution < 1.29 is 14.3 Å². The molecule has 2 N–H and O–H groups in total. The molecule has 0 aliphatic heterocycles. The van der Waals surface area contributed by atoms with Gasteiger partial charge in [-0.3, -0.25) is 4.79 Å². The molecular weight excluding hydrogens is 208 g/mol. The number of hydrogen-bond acceptors (Lipinski definition) is 4. The standard InChI is InChI=1S/C11H16N2O3/c1-6-10(16-7(2)13-6)11(15)12-5-9(14)8-3-4-8/h8-9,14H,3-5H2,1-2H3,(H,12,15). The number of aryl methyl sites for hydroxylation is 2. The molecule has 0 radical (unpaired) electrons. The van der Waals surface area contributed by atoms with Crippen LogP contribution in [-0.4, -0.2) is 28.6 Å². The van der Waals surface area contributed by atoms with Gasteiger partial charge in [0.15, 0.2) is 5.89 Å². The number of aromatic nitrogens is 1. The average Bonchev–Trinajstić information content (AvgIpc) is 3.01. The lowest BCUT2D eigenvalue weighted by Crippen LogP contribution is -2.33. The van der Waals surface area contributed by atoms with Crippen molar-refractivity contribution in [3.05, 3.63) is 17.3 Å². The second-order valence-corrected chi connectivity index (χ2v) is 4.26. The van der Waals surface area contributed by atoms with Gasteiger partial charge in [0.05, 0.1) is 11.8 Å². The van der Waals surface area contributed by atoms with Crippen molar-refractivity contribution >= 4 is 5.91 Å². The van der Waals surface area contributed by atoms with Gasteiger partial charge in [-0.2, -0.15) is 0 Å². The molecule has 1 atom stereocenters. The molecular formula is C11H16N2O3. The summed E-state index contributed by atoms with van der Waals surface area (Å²) in [7, 11) is 0. The van der Waals surface area contributed by atoms with E-state index in [9.17, 15) is 9.90 Å². The van der Waals surface area contributed by atoms with Crippen molar-refractivity contribution in [2.24, 2.45) is 5.92 Å². The third-order valence-electron chi connectivity index (χ3n) is 2.75. The van der Waals surface area contributed by atoms with E-state index in [4.69, 9.17) is 4.42 Å². The van der Waals surface area contributed by atoms with E-state index in [2.05, 4.69) is 10.3 Å². The van der Waals surface area contributed by atoms with Gasteiger partial charge in [-0.15, -0.1) is 0 Å². The summed E-state index contributed by atoms with van der Waals surface area (Å²) in [5.41, 5.74) is 0.580. The Labute approximate surface area is 93.9 Å². The van der Waals surface area contributed by atoms with Crippen molar-refractivity contribution in [3.8, 4) is 0 Å². The SMILES string of the molecule is Cc1nc(C)c(C(=O)NCC(O)C2CC2)o1. The summed E-state index contributed by atoms with van der Waals surface area (Å²) in [5.74, 6) is 0.765. The van der Waals surface area contributed by atoms with Gasteiger partial charge in [-0.1, -0.05) is 0 Å². The number of hydrogen-bond donors (Lipinski definition) is 2. The second-order valence-electron chi connectivity index (χ2n) is 4.26. The van der Waals surface area contributed by atoms with Crippen molar-refractivity contribution in [1.29, 1.82) is 0 Å². The molecule has 0 saturated heterocycles. The zero-order valence-electron chi connectivity index (χ0n) is 9.49. The van der Waals surface area contributed by atoms with Gasteiger partial charge < -0.3 is 14.8 Å². The first-order chi connectivity index (χ1) is 7.58. The lowest BCUT2D eigenvalue weighted by Gasteiger charge is -2.09. The predicted molar refractivity (Wildman–Crippen MR) is 57.0 cm³/mol. The normalized spacial score (nSPS) is 17.2. The van der Waals surface area contributed by atoms with Crippen LogP contribution in [0.5, 0.6) is 0 Å². The van der Waals surface area contributed by atoms with E-state index < -0.39 is 6.10 Å². The van der Waals surface area contributed by atoms with E-state index in [0.717, 1.165) is 12.8 Å². The van der Waals surface area contributed by atoms with E-state index in [-0.39, 0.29) is 18.2 Å². The minimum Gasteiger partial charge on any atom is -0.436 e. The Kier molecular flexibility index (Phi) is 2.96. The lowest BCUT2D eigenvalue weighted by molar-refractivity contribution is 0.0872. The first-order valence-corrected chi connectivity index (χ1v) is 5.48. The molecule has 1 amide bonds. The van der Waals surface area contributed by atoms with Crippen molar-refractivity contribution in [3.63, 3.8) is 0 Å². The number of carbonyl (C=O) groups is 1. The van der Waals surface area contributed by atoms with E-state index >= 15 is 0 Å². The van der Waals surface area contributed by atoms with Gasteiger partial charge in [-0.05, 0) is 25.7 Å². The third kappa shape index (κ3) is 2.41. The fourth-order valence-corrected chi connectivity index (χ4v) is 1.67. The minimum atomic E-state index is -0.437. The van der Waals surface area contributed by atoms with Crippen LogP contribution in [0.3, 0.4) is 0 Å². The van der Waals surface area contributed by atoms with Crippen LogP contribution in [0.25, 0.3) is 0 Å². The maximum atomic E-state index is 11.7. The molecule has 5 heteroatoms. The van der Waals surface area contributed by atoms with Gasteiger partial charge in [0, 0.05) is 13.5 Å². The maximum absolute atomic E-state index is 11.7. The minimum absolute atomic E-state index is 0.237. The van der Waals surface area contributed by atoms with Crippen LogP contribution >= 0.6 is 0 Å². The van der Waals surface area contributed by atoms with Crippen molar-refractivity contribution in [2.45, 2.75) is 32.8 Å². The van der Waals surface area contributed by atoms with Crippen LogP contribution in [0, 0.1) is 19.8 Å². The highest BCUT2D eigenvalue weighted by Gasteiger charge is 2.30. The van der Waals surface area contributed by atoms with Crippen LogP contribution in [0.1, 0.15) is 35.0 Å². The van der Waals surface area contributed by atoms with E-state index in [1.165, 1.54) is 0 Å². The summed E-state index contributed by atoms with van der Waals surface area (Å²) in [6, 6.07) is 0. The summed E-state index contributed by atoms with van der Waals surface area (Å²) < 4.78 is 5.18. The predicted octanol–water partition coefficient (Wildman–Crippen LogP) is 0.792. The number of nitrogens with zero attached hydrogens (tertiary/aromatic N) is 1. The number of nitrogens with one attached hydrogen (secondary N) is 1. The number of amides is 1. The quantitative estimate of drug-likeness (QED) is 0.793. The molecule has 5 nitrogen and oxygen atoms in total. The zero-order valence-corrected chi connectivity index (χ0v) is 9.49. The Hall–Kier alpha value is -1.36. The summed E-state index contributed by atoms with van der Waals surface area (Å²) in [5, 5.41) is 12.2. The number of aliphatic hydroxyl groups excluding tert-OH is 1. The van der Waals surface area contributed by atoms with Crippen molar-refractivity contribution in [2.75, 3.05) is 6.54 Å². The molecule has 1 aromatic heterocycles. The van der Waals surface area contributed by atoms with E-state index in [1.54, 1.807) is 13.8 Å². The van der Waals surface area contributed by atoms with Crippen LogP contribution in [-0.2, 0) is 0 Å². The molecule has 2 rings (SSSR count). The van der Waals surface area contributed by atoms with Gasteiger partial charge >= 0.3 is 0 Å². The molecule has 1 unspecified atom stereocenters. The van der Waals surface area contributed by atoms with E-state index in [0.29, 0.717) is 17.5 Å². The molecule has 16 heavy (non-hydrogen) atoms. The van der Waals surface area contributed by atoms with Gasteiger partial charge in [0.2, 0.25) is 5.76 Å². The number of rotatable bonds is 4. The average molecular weight is 224 g/mol. The van der Waals surface area contributed by atoms with Gasteiger partial charge in [0.1, 0.15) is 0 Å². The maximum Gasteiger partial charge on any atom is 0.289 e. The van der Waals surface area contributed by atoms with E-state index in [1.807, 2.05) is 0 Å². The first-order valence-electron chi connectivity index (χ1n) is 5.48. The topological polar surface area (TPSA) is 75.4 Å². The lowest BCUT2D eigenvalue weighted by atomic mass is 10.2.